The average Bonchev–Trinajstić information content (AvgIpc) is 3.85. The zero-order chi connectivity index (χ0) is 39.0. The Morgan fingerprint density at radius 2 is 1.39 bits per heavy atom. The molecule has 1 N–H and O–H groups in total. The van der Waals surface area contributed by atoms with E-state index in [0.717, 1.165) is 28.3 Å². The molecule has 6 atom stereocenters. The number of benzene rings is 3. The molecule has 286 valence electrons. The fraction of sp³-hybridized carbons (Fsp3) is 0.233. The number of hydrogen-bond donors (Lipinski definition) is 1. The number of aliphatic hydroxyl groups excluding tert-OH is 1. The smallest absolute Gasteiger partial charge is 0.322 e. The normalized spacial score (nSPS) is 23.4. The number of hydrogen-bond acceptors (Lipinski definition) is 13. The molecular weight excluding hydrogens is 737 g/mol. The Labute approximate surface area is 334 Å². The fourth-order valence-corrected chi connectivity index (χ4v) is 8.13. The van der Waals surface area contributed by atoms with E-state index in [2.05, 4.69) is 54.7 Å². The van der Waals surface area contributed by atoms with Crippen LogP contribution in [0.3, 0.4) is 0 Å². The number of carbonyl (C=O) groups excluding carboxylic acids is 1. The van der Waals surface area contributed by atoms with E-state index in [1.165, 1.54) is 0 Å². The van der Waals surface area contributed by atoms with Crippen LogP contribution in [-0.4, -0.2) is 72.9 Å². The number of carbonyl (C=O) groups is 1. The SMILES string of the molecule is CCOC(=O)C1C=NN2C1=NC(c1ccccn1)CC2Sc1ccccc1.OC1=NN2C(=NC(c3ccccn3)CC2c2ccccc2)C1N=Nc1ccccc1. The summed E-state index contributed by atoms with van der Waals surface area (Å²) in [6, 6.07) is 40.3. The topological polar surface area (TPSA) is 153 Å². The van der Waals surface area contributed by atoms with Crippen LogP contribution in [0, 0.1) is 5.92 Å². The number of azo groups is 1. The molecule has 0 fully saturated rings. The summed E-state index contributed by atoms with van der Waals surface area (Å²) < 4.78 is 5.21. The lowest BCUT2D eigenvalue weighted by atomic mass is 9.94. The Morgan fingerprint density at radius 3 is 2.04 bits per heavy atom. The van der Waals surface area contributed by atoms with E-state index in [4.69, 9.17) is 14.7 Å². The van der Waals surface area contributed by atoms with Gasteiger partial charge < -0.3 is 9.84 Å². The van der Waals surface area contributed by atoms with Gasteiger partial charge in [-0.3, -0.25) is 24.7 Å². The second kappa shape index (κ2) is 17.5. The second-order valence-corrected chi connectivity index (χ2v) is 14.6. The van der Waals surface area contributed by atoms with Gasteiger partial charge in [-0.15, -0.1) is 5.10 Å². The minimum Gasteiger partial charge on any atom is -0.493 e. The van der Waals surface area contributed by atoms with Crippen molar-refractivity contribution in [2.24, 2.45) is 36.3 Å². The van der Waals surface area contributed by atoms with Crippen molar-refractivity contribution in [2.75, 3.05) is 6.61 Å². The Hall–Kier alpha value is -6.54. The number of thioether (sulfide) groups is 1. The van der Waals surface area contributed by atoms with Crippen LogP contribution in [0.1, 0.15) is 54.8 Å². The molecule has 5 aromatic rings. The van der Waals surface area contributed by atoms with Gasteiger partial charge in [0.1, 0.15) is 11.2 Å². The first kappa shape index (κ1) is 37.4. The molecule has 0 saturated heterocycles. The largest absolute Gasteiger partial charge is 0.493 e. The molecule has 14 heteroatoms. The van der Waals surface area contributed by atoms with Crippen LogP contribution in [-0.2, 0) is 9.53 Å². The van der Waals surface area contributed by atoms with Gasteiger partial charge in [0, 0.05) is 36.3 Å². The predicted molar refractivity (Wildman–Crippen MR) is 220 cm³/mol. The van der Waals surface area contributed by atoms with E-state index in [0.29, 0.717) is 30.4 Å². The fourth-order valence-electron chi connectivity index (χ4n) is 6.96. The van der Waals surface area contributed by atoms with Gasteiger partial charge in [-0.2, -0.15) is 15.3 Å². The lowest BCUT2D eigenvalue weighted by molar-refractivity contribution is -0.143. The van der Waals surface area contributed by atoms with Crippen LogP contribution in [0.4, 0.5) is 5.69 Å². The van der Waals surface area contributed by atoms with Gasteiger partial charge >= 0.3 is 5.97 Å². The number of fused-ring (bicyclic) bond motifs is 2. The van der Waals surface area contributed by atoms with Crippen molar-refractivity contribution in [2.45, 2.75) is 54.2 Å². The molecule has 4 aliphatic rings. The highest BCUT2D eigenvalue weighted by molar-refractivity contribution is 7.99. The summed E-state index contributed by atoms with van der Waals surface area (Å²) in [6.07, 6.45) is 6.64. The highest BCUT2D eigenvalue weighted by Gasteiger charge is 2.44. The Balaban J connectivity index is 0.000000161. The quantitative estimate of drug-likeness (QED) is 0.116. The van der Waals surface area contributed by atoms with Crippen molar-refractivity contribution in [1.29, 1.82) is 0 Å². The van der Waals surface area contributed by atoms with Crippen LogP contribution in [0.25, 0.3) is 0 Å². The number of aromatic nitrogens is 2. The van der Waals surface area contributed by atoms with Crippen LogP contribution >= 0.6 is 11.8 Å². The summed E-state index contributed by atoms with van der Waals surface area (Å²) in [5, 5.41) is 31.8. The van der Waals surface area contributed by atoms with Crippen molar-refractivity contribution in [3.63, 3.8) is 0 Å². The number of amidine groups is 2. The second-order valence-electron chi connectivity index (χ2n) is 13.4. The van der Waals surface area contributed by atoms with Gasteiger partial charge in [0.05, 0.1) is 41.8 Å². The van der Waals surface area contributed by atoms with Crippen molar-refractivity contribution in [3.05, 3.63) is 157 Å². The average molecular weight is 777 g/mol. The molecule has 6 unspecified atom stereocenters. The summed E-state index contributed by atoms with van der Waals surface area (Å²) in [5.74, 6) is 0.255. The predicted octanol–water partition coefficient (Wildman–Crippen LogP) is 8.53. The van der Waals surface area contributed by atoms with E-state index < -0.39 is 12.0 Å². The molecule has 6 heterocycles. The Kier molecular flexibility index (Phi) is 11.5. The minimum atomic E-state index is -0.733. The number of nitrogens with zero attached hydrogens (tertiary/aromatic N) is 10. The maximum absolute atomic E-state index is 12.4. The van der Waals surface area contributed by atoms with Crippen LogP contribution in [0.5, 0.6) is 0 Å². The number of aliphatic hydroxyl groups is 1. The molecule has 2 aromatic heterocycles. The molecule has 0 spiro atoms. The zero-order valence-corrected chi connectivity index (χ0v) is 31.9. The summed E-state index contributed by atoms with van der Waals surface area (Å²) in [4.78, 5) is 32.2. The van der Waals surface area contributed by atoms with E-state index >= 15 is 0 Å². The molecule has 0 amide bonds. The number of aliphatic imine (C=N–C) groups is 2. The van der Waals surface area contributed by atoms with Crippen molar-refractivity contribution in [1.82, 2.24) is 20.0 Å². The van der Waals surface area contributed by atoms with Gasteiger partial charge in [0.15, 0.2) is 11.8 Å². The lowest BCUT2D eigenvalue weighted by Gasteiger charge is -2.34. The molecular formula is C43H40N10O3S. The third-order valence-electron chi connectivity index (χ3n) is 9.65. The summed E-state index contributed by atoms with van der Waals surface area (Å²) >= 11 is 1.72. The monoisotopic (exact) mass is 776 g/mol. The summed E-state index contributed by atoms with van der Waals surface area (Å²) in [7, 11) is 0. The van der Waals surface area contributed by atoms with E-state index in [9.17, 15) is 9.90 Å². The molecule has 57 heavy (non-hydrogen) atoms. The van der Waals surface area contributed by atoms with E-state index in [1.54, 1.807) is 42.3 Å². The molecule has 0 radical (unpaired) electrons. The maximum atomic E-state index is 12.4. The van der Waals surface area contributed by atoms with Gasteiger partial charge in [0.2, 0.25) is 11.9 Å². The van der Waals surface area contributed by atoms with Gasteiger partial charge in [-0.05, 0) is 61.0 Å². The van der Waals surface area contributed by atoms with Crippen molar-refractivity contribution < 1.29 is 14.6 Å². The first-order chi connectivity index (χ1) is 28.1. The highest BCUT2D eigenvalue weighted by atomic mass is 32.2. The zero-order valence-electron chi connectivity index (χ0n) is 31.1. The number of hydrazone groups is 2. The van der Waals surface area contributed by atoms with Crippen molar-refractivity contribution >= 4 is 47.2 Å². The van der Waals surface area contributed by atoms with E-state index in [1.807, 2.05) is 108 Å². The molecule has 13 nitrogen and oxygen atoms in total. The summed E-state index contributed by atoms with van der Waals surface area (Å²) in [6.45, 7) is 2.14. The number of ether oxygens (including phenoxy) is 1. The number of pyridine rings is 2. The summed E-state index contributed by atoms with van der Waals surface area (Å²) in [5.41, 5.74) is 3.60. The molecule has 9 rings (SSSR count). The van der Waals surface area contributed by atoms with Gasteiger partial charge in [-0.25, -0.2) is 10.0 Å². The van der Waals surface area contributed by atoms with Gasteiger partial charge in [0.25, 0.3) is 0 Å². The first-order valence-electron chi connectivity index (χ1n) is 18.8. The molecule has 0 saturated carbocycles. The first-order valence-corrected chi connectivity index (χ1v) is 19.7. The third kappa shape index (κ3) is 8.50. The lowest BCUT2D eigenvalue weighted by Crippen LogP contribution is -2.41. The molecule has 4 aliphatic heterocycles. The minimum absolute atomic E-state index is 0.0302. The molecule has 0 bridgehead atoms. The molecule has 0 aliphatic carbocycles. The Bertz CT molecular complexity index is 2280. The standard InChI is InChI=1S/C23H20N6O.C20H20N4O2S/c30-23-21(27-26-17-11-5-2-6-12-17)22-25-19(18-13-7-8-14-24-18)15-20(29(22)28-23)16-9-3-1-4-10-16;1-2-26-20(25)15-13-22-24-18(27-14-8-4-3-5-9-14)12-17(23-19(15)24)16-10-6-7-11-21-16/h1-14,19-21H,15H2,(H,28,30);3-11,13,15,17-18H,2,12H2,1H3. The highest BCUT2D eigenvalue weighted by Crippen LogP contribution is 2.42. The van der Waals surface area contributed by atoms with Gasteiger partial charge in [-0.1, -0.05) is 90.6 Å². The maximum Gasteiger partial charge on any atom is 0.322 e. The Morgan fingerprint density at radius 1 is 0.772 bits per heavy atom. The van der Waals surface area contributed by atoms with Crippen LogP contribution in [0.2, 0.25) is 0 Å². The third-order valence-corrected chi connectivity index (χ3v) is 10.9. The van der Waals surface area contributed by atoms with Crippen LogP contribution < -0.4 is 0 Å². The van der Waals surface area contributed by atoms with Crippen molar-refractivity contribution in [3.8, 4) is 0 Å². The number of rotatable bonds is 9. The van der Waals surface area contributed by atoms with Crippen LogP contribution in [0.15, 0.2) is 175 Å². The van der Waals surface area contributed by atoms with E-state index in [-0.39, 0.29) is 35.4 Å². The number of esters is 1. The molecule has 3 aromatic carbocycles.